The maximum Gasteiger partial charge on any atom is 0.0814 e. The topological polar surface area (TPSA) is 0 Å². The minimum Gasteiger partial charge on any atom is -0.147 e. The molecule has 0 amide bonds. The SMILES string of the molecule is B.Cl.Cl.Cl.[Al]. The highest BCUT2D eigenvalue weighted by Gasteiger charge is 0.0814. The molecule has 33 valence electrons. The summed E-state index contributed by atoms with van der Waals surface area (Å²) in [5.41, 5.74) is 0. The van der Waals surface area contributed by atoms with Gasteiger partial charge < -0.3 is 0 Å². The molecular weight excluding hydrogens is 144 g/mol. The number of rotatable bonds is 0. The van der Waals surface area contributed by atoms with Crippen LogP contribution in [0.1, 0.15) is 0 Å². The van der Waals surface area contributed by atoms with E-state index in [9.17, 15) is 0 Å². The van der Waals surface area contributed by atoms with E-state index in [2.05, 4.69) is 0 Å². The Morgan fingerprint density at radius 1 is 0.600 bits per heavy atom. The highest BCUT2D eigenvalue weighted by molar-refractivity contribution is 5.86. The molecular formula is H6AlBCl3. The van der Waals surface area contributed by atoms with Crippen LogP contribution < -0.4 is 0 Å². The summed E-state index contributed by atoms with van der Waals surface area (Å²) in [6.45, 7) is 0. The molecule has 3 radical (unpaired) electrons. The Kier molecular flexibility index (Phi) is 910. The Bertz CT molecular complexity index is 6.85. The molecule has 0 saturated carbocycles. The maximum atomic E-state index is 0. The highest BCUT2D eigenvalue weighted by Crippen LogP contribution is 0.692. The van der Waals surface area contributed by atoms with Gasteiger partial charge in [-0.25, -0.2) is 0 Å². The average molecular weight is 150 g/mol. The zero-order valence-corrected chi connectivity index (χ0v) is 5.41. The van der Waals surface area contributed by atoms with Gasteiger partial charge in [0.1, 0.15) is 0 Å². The van der Waals surface area contributed by atoms with Crippen LogP contribution in [0.15, 0.2) is 0 Å². The van der Waals surface area contributed by atoms with E-state index in [1.165, 1.54) is 0 Å². The summed E-state index contributed by atoms with van der Waals surface area (Å²) < 4.78 is 0. The van der Waals surface area contributed by atoms with Crippen molar-refractivity contribution in [3.8, 4) is 0 Å². The summed E-state index contributed by atoms with van der Waals surface area (Å²) in [6.07, 6.45) is 0. The maximum absolute atomic E-state index is 0. The summed E-state index contributed by atoms with van der Waals surface area (Å²) in [5.74, 6) is 0. The quantitative estimate of drug-likeness (QED) is 0.416. The van der Waals surface area contributed by atoms with Gasteiger partial charge >= 0.3 is 0 Å². The van der Waals surface area contributed by atoms with Gasteiger partial charge in [0.15, 0.2) is 0 Å². The van der Waals surface area contributed by atoms with E-state index in [4.69, 9.17) is 0 Å². The van der Waals surface area contributed by atoms with Crippen LogP contribution in [-0.2, 0) is 0 Å². The van der Waals surface area contributed by atoms with Crippen LogP contribution in [0.2, 0.25) is 0 Å². The van der Waals surface area contributed by atoms with Crippen molar-refractivity contribution in [3.63, 3.8) is 0 Å². The molecule has 0 spiro atoms. The molecule has 0 aromatic carbocycles. The van der Waals surface area contributed by atoms with Crippen LogP contribution in [-0.4, -0.2) is 25.8 Å². The van der Waals surface area contributed by atoms with Gasteiger partial charge in [-0.3, -0.25) is 0 Å². The molecule has 0 heterocycles. The average Bonchev–Trinajstić information content (AvgIpc) is 0. The van der Waals surface area contributed by atoms with E-state index < -0.39 is 0 Å². The normalized spacial score (nSPS) is 0. The molecule has 0 fully saturated rings. The Morgan fingerprint density at radius 2 is 0.600 bits per heavy atom. The van der Waals surface area contributed by atoms with Crippen LogP contribution >= 0.6 is 37.2 Å². The minimum absolute atomic E-state index is 0. The van der Waals surface area contributed by atoms with Crippen molar-refractivity contribution < 1.29 is 0 Å². The van der Waals surface area contributed by atoms with Crippen molar-refractivity contribution in [3.05, 3.63) is 0 Å². The van der Waals surface area contributed by atoms with Crippen molar-refractivity contribution in [2.24, 2.45) is 0 Å². The first-order valence-corrected chi connectivity index (χ1v) is 0. The summed E-state index contributed by atoms with van der Waals surface area (Å²) in [4.78, 5) is 0. The summed E-state index contributed by atoms with van der Waals surface area (Å²) in [7, 11) is 0. The van der Waals surface area contributed by atoms with Crippen LogP contribution in [0.3, 0.4) is 0 Å². The van der Waals surface area contributed by atoms with Gasteiger partial charge in [0.25, 0.3) is 0 Å². The Hall–Kier alpha value is 1.47. The van der Waals surface area contributed by atoms with E-state index in [0.717, 1.165) is 0 Å². The van der Waals surface area contributed by atoms with Gasteiger partial charge in [-0.05, 0) is 0 Å². The van der Waals surface area contributed by atoms with Crippen LogP contribution in [0.25, 0.3) is 0 Å². The van der Waals surface area contributed by atoms with Crippen LogP contribution in [0.4, 0.5) is 0 Å². The van der Waals surface area contributed by atoms with Crippen molar-refractivity contribution in [2.45, 2.75) is 0 Å². The second-order valence-electron chi connectivity index (χ2n) is 0. The standard InChI is InChI=1S/Al.BH3.3ClH/h;1H3;3*1H. The molecule has 0 N–H and O–H groups in total. The van der Waals surface area contributed by atoms with Crippen molar-refractivity contribution in [1.82, 2.24) is 0 Å². The van der Waals surface area contributed by atoms with Gasteiger partial charge in [-0.1, -0.05) is 0 Å². The molecule has 0 unspecified atom stereocenters. The molecule has 0 aliphatic heterocycles. The van der Waals surface area contributed by atoms with E-state index >= 15 is 0 Å². The first-order chi connectivity index (χ1) is 0. The van der Waals surface area contributed by atoms with E-state index in [1.807, 2.05) is 0 Å². The molecule has 0 aromatic heterocycles. The zero-order chi connectivity index (χ0) is 0. The predicted molar refractivity (Wildman–Crippen MR) is 37.4 cm³/mol. The number of halogens is 3. The van der Waals surface area contributed by atoms with Gasteiger partial charge in [-0.15, -0.1) is 37.2 Å². The lowest BCUT2D eigenvalue weighted by molar-refractivity contribution is 5.75. The third-order valence-electron chi connectivity index (χ3n) is 0. The number of hydrogen-bond acceptors (Lipinski definition) is 0. The molecule has 0 nitrogen and oxygen atoms in total. The lowest BCUT2D eigenvalue weighted by Gasteiger charge is -0.148. The van der Waals surface area contributed by atoms with E-state index in [-0.39, 0.29) is 63.0 Å². The van der Waals surface area contributed by atoms with Crippen molar-refractivity contribution in [2.75, 3.05) is 0 Å². The Balaban J connectivity index is 0. The van der Waals surface area contributed by atoms with E-state index in [0.29, 0.717) is 0 Å². The summed E-state index contributed by atoms with van der Waals surface area (Å²) in [5, 5.41) is 0. The fourth-order valence-corrected chi connectivity index (χ4v) is 0. The van der Waals surface area contributed by atoms with Gasteiger partial charge in [0, 0.05) is 17.4 Å². The molecule has 0 aliphatic rings. The molecule has 0 aromatic rings. The molecule has 0 atom stereocenters. The first kappa shape index (κ1) is 89.8. The third kappa shape index (κ3) is 30.5. The van der Waals surface area contributed by atoms with Gasteiger partial charge in [-0.2, -0.15) is 0 Å². The highest BCUT2D eigenvalue weighted by atomic mass is 35.5. The monoisotopic (exact) mass is 149 g/mol. The van der Waals surface area contributed by atoms with Crippen LogP contribution in [0.5, 0.6) is 0 Å². The Morgan fingerprint density at radius 3 is 0.600 bits per heavy atom. The Labute approximate surface area is 63.0 Å². The molecule has 5 heteroatoms. The fourth-order valence-electron chi connectivity index (χ4n) is 0. The summed E-state index contributed by atoms with van der Waals surface area (Å²) in [6, 6.07) is 0. The lowest BCUT2D eigenvalue weighted by Crippen LogP contribution is -0.382. The van der Waals surface area contributed by atoms with Gasteiger partial charge in [0.05, 0.1) is 8.41 Å². The smallest absolute Gasteiger partial charge is 0.0814 e. The lowest BCUT2D eigenvalue weighted by atomic mass is 10.8. The first-order valence-electron chi connectivity index (χ1n) is 0. The number of hydrogen-bond donors (Lipinski definition) is 0. The molecule has 5 heavy (non-hydrogen) atoms. The second-order valence-corrected chi connectivity index (χ2v) is 0. The zero-order valence-electron chi connectivity index (χ0n) is 1.80. The minimum atomic E-state index is 0. The van der Waals surface area contributed by atoms with Crippen LogP contribution in [0, 0.1) is 0 Å². The van der Waals surface area contributed by atoms with E-state index in [1.54, 1.807) is 0 Å². The molecule has 0 saturated heterocycles. The largest absolute Gasteiger partial charge is 0.147 e. The fraction of sp³-hybridized carbons (Fsp3) is 0. The summed E-state index contributed by atoms with van der Waals surface area (Å²) >= 11 is 0. The molecule has 0 rings (SSSR count). The van der Waals surface area contributed by atoms with Crippen molar-refractivity contribution >= 4 is 63.0 Å². The molecule has 0 bridgehead atoms. The molecule has 0 aliphatic carbocycles. The third-order valence-corrected chi connectivity index (χ3v) is 0. The van der Waals surface area contributed by atoms with Gasteiger partial charge in [0.2, 0.25) is 0 Å². The van der Waals surface area contributed by atoms with Crippen molar-refractivity contribution in [1.29, 1.82) is 0 Å². The predicted octanol–water partition coefficient (Wildman–Crippen LogP) is -0.299. The second kappa shape index (κ2) is 50.7.